The number of carbonyl (C=O) groups excluding carboxylic acids is 2. The quantitative estimate of drug-likeness (QED) is 0.919. The molecule has 1 fully saturated rings. The van der Waals surface area contributed by atoms with Crippen molar-refractivity contribution in [1.82, 2.24) is 5.32 Å². The lowest BCUT2D eigenvalue weighted by Crippen LogP contribution is -2.66. The summed E-state index contributed by atoms with van der Waals surface area (Å²) in [6, 6.07) is 5.98. The van der Waals surface area contributed by atoms with Gasteiger partial charge in [-0.3, -0.25) is 9.59 Å². The molecule has 1 aliphatic heterocycles. The number of nitrogens with zero attached hydrogens (tertiary/aromatic N) is 1. The van der Waals surface area contributed by atoms with Crippen molar-refractivity contribution in [3.8, 4) is 0 Å². The third-order valence-corrected chi connectivity index (χ3v) is 4.20. The van der Waals surface area contributed by atoms with Gasteiger partial charge in [-0.25, -0.2) is 0 Å². The van der Waals surface area contributed by atoms with Crippen molar-refractivity contribution >= 4 is 17.5 Å². The number of aryl methyl sites for hydroxylation is 2. The van der Waals surface area contributed by atoms with E-state index in [9.17, 15) is 9.59 Å². The van der Waals surface area contributed by atoms with Gasteiger partial charge in [0.1, 0.15) is 12.1 Å². The molecule has 0 aliphatic carbocycles. The molecular weight excluding hydrogens is 252 g/mol. The third kappa shape index (κ3) is 2.30. The summed E-state index contributed by atoms with van der Waals surface area (Å²) in [6.07, 6.45) is 1.21. The number of nitrogens with one attached hydrogen (secondary N) is 1. The molecule has 0 bridgehead atoms. The molecule has 1 saturated heterocycles. The maximum atomic E-state index is 12.8. The fourth-order valence-corrected chi connectivity index (χ4v) is 2.77. The Labute approximate surface area is 120 Å². The molecule has 4 heteroatoms. The Kier molecular flexibility index (Phi) is 3.84. The van der Waals surface area contributed by atoms with Crippen LogP contribution < -0.4 is 10.2 Å². The number of rotatable bonds is 3. The molecule has 1 N–H and O–H groups in total. The minimum Gasteiger partial charge on any atom is -0.340 e. The summed E-state index contributed by atoms with van der Waals surface area (Å²) in [5.74, 6) is -0.0926. The van der Waals surface area contributed by atoms with E-state index in [-0.39, 0.29) is 18.4 Å². The third-order valence-electron chi connectivity index (χ3n) is 4.20. The van der Waals surface area contributed by atoms with Crippen LogP contribution in [0.2, 0.25) is 0 Å². The van der Waals surface area contributed by atoms with Gasteiger partial charge in [0, 0.05) is 5.69 Å². The van der Waals surface area contributed by atoms with Gasteiger partial charge >= 0.3 is 0 Å². The molecular formula is C16H22N2O2. The summed E-state index contributed by atoms with van der Waals surface area (Å²) in [4.78, 5) is 26.5. The minimum absolute atomic E-state index is 0.00389. The molecule has 4 nitrogen and oxygen atoms in total. The summed E-state index contributed by atoms with van der Waals surface area (Å²) in [7, 11) is 0. The molecule has 0 radical (unpaired) electrons. The second kappa shape index (κ2) is 5.27. The van der Waals surface area contributed by atoms with Gasteiger partial charge in [-0.1, -0.05) is 26.0 Å². The molecule has 0 unspecified atom stereocenters. The van der Waals surface area contributed by atoms with Gasteiger partial charge in [0.15, 0.2) is 0 Å². The fourth-order valence-electron chi connectivity index (χ4n) is 2.77. The minimum atomic E-state index is -0.758. The van der Waals surface area contributed by atoms with E-state index >= 15 is 0 Å². The highest BCUT2D eigenvalue weighted by atomic mass is 16.2. The fraction of sp³-hybridized carbons (Fsp3) is 0.500. The van der Waals surface area contributed by atoms with Crippen LogP contribution in [0.4, 0.5) is 5.69 Å². The van der Waals surface area contributed by atoms with Gasteiger partial charge in [-0.15, -0.1) is 0 Å². The van der Waals surface area contributed by atoms with E-state index in [1.807, 2.05) is 45.9 Å². The first-order valence-corrected chi connectivity index (χ1v) is 7.13. The lowest BCUT2D eigenvalue weighted by molar-refractivity contribution is -0.136. The Morgan fingerprint density at radius 1 is 1.20 bits per heavy atom. The standard InChI is InChI=1S/C16H22N2O2/c1-5-16(6-2)15(20)18(10-14(19)17-16)13-9-11(3)7-8-12(13)4/h7-9H,5-6,10H2,1-4H3,(H,17,19). The van der Waals surface area contributed by atoms with E-state index in [2.05, 4.69) is 5.32 Å². The van der Waals surface area contributed by atoms with E-state index in [4.69, 9.17) is 0 Å². The Balaban J connectivity index is 2.47. The normalized spacial score (nSPS) is 18.1. The van der Waals surface area contributed by atoms with Crippen LogP contribution in [0.3, 0.4) is 0 Å². The zero-order valence-corrected chi connectivity index (χ0v) is 12.6. The first kappa shape index (κ1) is 14.6. The predicted molar refractivity (Wildman–Crippen MR) is 79.7 cm³/mol. The molecule has 0 atom stereocenters. The van der Waals surface area contributed by atoms with Crippen molar-refractivity contribution in [1.29, 1.82) is 0 Å². The largest absolute Gasteiger partial charge is 0.340 e. The number of carbonyl (C=O) groups is 2. The van der Waals surface area contributed by atoms with Gasteiger partial charge in [0.2, 0.25) is 5.91 Å². The van der Waals surface area contributed by atoms with E-state index in [0.717, 1.165) is 16.8 Å². The summed E-state index contributed by atoms with van der Waals surface area (Å²) in [6.45, 7) is 7.94. The molecule has 1 aromatic carbocycles. The Hall–Kier alpha value is -1.84. The van der Waals surface area contributed by atoms with E-state index < -0.39 is 5.54 Å². The molecule has 1 aliphatic rings. The number of benzene rings is 1. The van der Waals surface area contributed by atoms with Gasteiger partial charge < -0.3 is 10.2 Å². The van der Waals surface area contributed by atoms with E-state index in [1.165, 1.54) is 0 Å². The maximum Gasteiger partial charge on any atom is 0.253 e. The van der Waals surface area contributed by atoms with Crippen molar-refractivity contribution in [3.63, 3.8) is 0 Å². The highest BCUT2D eigenvalue weighted by Crippen LogP contribution is 2.29. The molecule has 0 spiro atoms. The monoisotopic (exact) mass is 274 g/mol. The van der Waals surface area contributed by atoms with Gasteiger partial charge in [-0.2, -0.15) is 0 Å². The lowest BCUT2D eigenvalue weighted by atomic mass is 9.88. The average Bonchev–Trinajstić information content (AvgIpc) is 2.44. The SMILES string of the molecule is CCC1(CC)NC(=O)CN(c2cc(C)ccc2C)C1=O. The summed E-state index contributed by atoms with van der Waals surface area (Å²) < 4.78 is 0. The molecule has 108 valence electrons. The molecule has 20 heavy (non-hydrogen) atoms. The zero-order valence-electron chi connectivity index (χ0n) is 12.6. The van der Waals surface area contributed by atoms with Crippen molar-refractivity contribution in [2.45, 2.75) is 46.1 Å². The van der Waals surface area contributed by atoms with Crippen molar-refractivity contribution in [3.05, 3.63) is 29.3 Å². The van der Waals surface area contributed by atoms with E-state index in [0.29, 0.717) is 12.8 Å². The molecule has 1 aromatic rings. The van der Waals surface area contributed by atoms with Crippen molar-refractivity contribution in [2.24, 2.45) is 0 Å². The van der Waals surface area contributed by atoms with Gasteiger partial charge in [-0.05, 0) is 43.9 Å². The van der Waals surface area contributed by atoms with Gasteiger partial charge in [0.05, 0.1) is 0 Å². The topological polar surface area (TPSA) is 49.4 Å². The molecule has 2 rings (SSSR count). The predicted octanol–water partition coefficient (Wildman–Crippen LogP) is 2.33. The lowest BCUT2D eigenvalue weighted by Gasteiger charge is -2.41. The Morgan fingerprint density at radius 2 is 1.85 bits per heavy atom. The smallest absolute Gasteiger partial charge is 0.253 e. The average molecular weight is 274 g/mol. The molecule has 1 heterocycles. The summed E-state index contributed by atoms with van der Waals surface area (Å²) in [5.41, 5.74) is 2.18. The number of amides is 2. The van der Waals surface area contributed by atoms with Crippen LogP contribution in [-0.4, -0.2) is 23.9 Å². The summed E-state index contributed by atoms with van der Waals surface area (Å²) in [5, 5.41) is 2.88. The Bertz CT molecular complexity index is 547. The number of hydrogen-bond acceptors (Lipinski definition) is 2. The van der Waals surface area contributed by atoms with E-state index in [1.54, 1.807) is 4.90 Å². The summed E-state index contributed by atoms with van der Waals surface area (Å²) >= 11 is 0. The van der Waals surface area contributed by atoms with Crippen molar-refractivity contribution in [2.75, 3.05) is 11.4 Å². The van der Waals surface area contributed by atoms with Crippen LogP contribution in [0.1, 0.15) is 37.8 Å². The molecule has 0 aromatic heterocycles. The number of anilines is 1. The number of piperazine rings is 1. The first-order valence-electron chi connectivity index (χ1n) is 7.13. The second-order valence-electron chi connectivity index (χ2n) is 5.52. The Morgan fingerprint density at radius 3 is 2.45 bits per heavy atom. The molecule has 0 saturated carbocycles. The van der Waals surface area contributed by atoms with Crippen LogP contribution in [-0.2, 0) is 9.59 Å². The van der Waals surface area contributed by atoms with Crippen LogP contribution in [0.5, 0.6) is 0 Å². The van der Waals surface area contributed by atoms with Crippen LogP contribution >= 0.6 is 0 Å². The van der Waals surface area contributed by atoms with Crippen molar-refractivity contribution < 1.29 is 9.59 Å². The van der Waals surface area contributed by atoms with Crippen LogP contribution in [0.15, 0.2) is 18.2 Å². The number of hydrogen-bond donors (Lipinski definition) is 1. The molecule has 2 amide bonds. The highest BCUT2D eigenvalue weighted by Gasteiger charge is 2.44. The second-order valence-corrected chi connectivity index (χ2v) is 5.52. The maximum absolute atomic E-state index is 12.8. The zero-order chi connectivity index (χ0) is 14.9. The van der Waals surface area contributed by atoms with Gasteiger partial charge in [0.25, 0.3) is 5.91 Å². The first-order chi connectivity index (χ1) is 9.43. The highest BCUT2D eigenvalue weighted by molar-refractivity contribution is 6.09. The van der Waals surface area contributed by atoms with Crippen LogP contribution in [0.25, 0.3) is 0 Å². The van der Waals surface area contributed by atoms with Crippen LogP contribution in [0, 0.1) is 13.8 Å².